The molecule has 9 atom stereocenters. The number of carbonyl (C=O) groups excluding carboxylic acids is 1. The minimum absolute atomic E-state index is 0.247. The number of anilines is 2. The van der Waals surface area contributed by atoms with E-state index in [1.165, 1.54) is 50.5 Å². The van der Waals surface area contributed by atoms with Crippen molar-refractivity contribution in [2.45, 2.75) is 111 Å². The Morgan fingerprint density at radius 2 is 1.87 bits per heavy atom. The van der Waals surface area contributed by atoms with Gasteiger partial charge in [-0.1, -0.05) is 65.5 Å². The highest BCUT2D eigenvalue weighted by molar-refractivity contribution is 5.95. The van der Waals surface area contributed by atoms with E-state index in [9.17, 15) is 9.90 Å². The van der Waals surface area contributed by atoms with Crippen molar-refractivity contribution in [3.05, 3.63) is 35.4 Å². The third-order valence-electron chi connectivity index (χ3n) is 11.9. The highest BCUT2D eigenvalue weighted by Crippen LogP contribution is 2.67. The van der Waals surface area contributed by atoms with Crippen molar-refractivity contribution in [2.24, 2.45) is 46.3 Å². The number of allylic oxidation sites excluding steroid dienone is 1. The van der Waals surface area contributed by atoms with Gasteiger partial charge < -0.3 is 21.3 Å². The Kier molecular flexibility index (Phi) is 7.87. The number of aliphatic hydroxyl groups excluding tert-OH is 1. The zero-order valence-corrected chi connectivity index (χ0v) is 24.9. The van der Waals surface area contributed by atoms with E-state index in [0.717, 1.165) is 30.1 Å². The molecule has 0 saturated heterocycles. The van der Waals surface area contributed by atoms with Crippen molar-refractivity contribution in [1.82, 2.24) is 0 Å². The number of aliphatic hydroxyl groups is 1. The molecule has 0 amide bonds. The fourth-order valence-corrected chi connectivity index (χ4v) is 9.83. The zero-order chi connectivity index (χ0) is 28.1. The van der Waals surface area contributed by atoms with Crippen LogP contribution in [-0.4, -0.2) is 23.3 Å². The van der Waals surface area contributed by atoms with Crippen molar-refractivity contribution in [1.29, 1.82) is 0 Å². The normalized spacial score (nSPS) is 38.4. The Morgan fingerprint density at radius 1 is 1.10 bits per heavy atom. The van der Waals surface area contributed by atoms with Crippen LogP contribution in [0.1, 0.15) is 109 Å². The molecule has 0 spiro atoms. The van der Waals surface area contributed by atoms with Gasteiger partial charge in [-0.15, -0.1) is 0 Å². The van der Waals surface area contributed by atoms with Crippen LogP contribution in [-0.2, 0) is 4.74 Å². The Hall–Kier alpha value is -2.01. The smallest absolute Gasteiger partial charge is 0.340 e. The number of benzene rings is 1. The van der Waals surface area contributed by atoms with E-state index in [1.54, 1.807) is 18.2 Å². The molecule has 0 aliphatic heterocycles. The fraction of sp³-hybridized carbons (Fsp3) is 0.735. The summed E-state index contributed by atoms with van der Waals surface area (Å²) in [6.07, 6.45) is 13.0. The second-order valence-electron chi connectivity index (χ2n) is 14.5. The first-order chi connectivity index (χ1) is 18.4. The summed E-state index contributed by atoms with van der Waals surface area (Å²) in [6.45, 7) is 12.1. The predicted molar refractivity (Wildman–Crippen MR) is 159 cm³/mol. The molecule has 3 fully saturated rings. The highest BCUT2D eigenvalue weighted by Gasteiger charge is 2.61. The van der Waals surface area contributed by atoms with Crippen LogP contribution in [0.4, 0.5) is 11.4 Å². The molecule has 0 heterocycles. The maximum absolute atomic E-state index is 13.4. The SMILES string of the molecule is CC(C)CCC[C@@H](C)[C@H]1CC[C@H]2[C@@H]3CC=C4C[C@H](O)CC(OC(=O)c5ccc(N)cc5N)[C@]4(C)[C@H]3CC[C@]12C. The van der Waals surface area contributed by atoms with Crippen LogP contribution in [0.25, 0.3) is 0 Å². The van der Waals surface area contributed by atoms with E-state index in [-0.39, 0.29) is 11.5 Å². The first kappa shape index (κ1) is 28.5. The van der Waals surface area contributed by atoms with Gasteiger partial charge >= 0.3 is 5.97 Å². The fourth-order valence-electron chi connectivity index (χ4n) is 9.83. The van der Waals surface area contributed by atoms with E-state index in [4.69, 9.17) is 16.2 Å². The molecule has 216 valence electrons. The molecule has 3 saturated carbocycles. The number of hydrogen-bond donors (Lipinski definition) is 3. The van der Waals surface area contributed by atoms with Crippen LogP contribution in [0, 0.1) is 46.3 Å². The predicted octanol–water partition coefficient (Wildman–Crippen LogP) is 7.39. The standard InChI is InChI=1S/C34H52N2O3/c1-20(2)7-6-8-21(3)27-13-14-28-25-11-9-22-17-24(37)19-31(34(22,5)29(25)15-16-33(27,28)4)39-32(38)26-12-10-23(35)18-30(26)36/h9-10,12,18,20-21,24-25,27-29,31,37H,6-8,11,13-17,19,35-36H2,1-5H3/t21-,24+,25+,27-,28+,29+,31?,33-,34+/m1/s1. The maximum atomic E-state index is 13.4. The number of carbonyl (C=O) groups is 1. The lowest BCUT2D eigenvalue weighted by Gasteiger charge is -2.60. The first-order valence-corrected chi connectivity index (χ1v) is 15.7. The van der Waals surface area contributed by atoms with Crippen LogP contribution in [0.5, 0.6) is 0 Å². The number of nitrogen functional groups attached to an aromatic ring is 2. The molecule has 5 rings (SSSR count). The Morgan fingerprint density at radius 3 is 2.59 bits per heavy atom. The van der Waals surface area contributed by atoms with Gasteiger partial charge in [0, 0.05) is 23.2 Å². The van der Waals surface area contributed by atoms with Gasteiger partial charge in [0.2, 0.25) is 0 Å². The summed E-state index contributed by atoms with van der Waals surface area (Å²) >= 11 is 0. The largest absolute Gasteiger partial charge is 0.458 e. The average molecular weight is 537 g/mol. The molecule has 5 N–H and O–H groups in total. The van der Waals surface area contributed by atoms with E-state index in [0.29, 0.717) is 47.0 Å². The molecule has 0 radical (unpaired) electrons. The monoisotopic (exact) mass is 536 g/mol. The van der Waals surface area contributed by atoms with Crippen LogP contribution in [0.3, 0.4) is 0 Å². The third kappa shape index (κ3) is 5.02. The van der Waals surface area contributed by atoms with Gasteiger partial charge in [0.05, 0.1) is 11.7 Å². The molecule has 0 bridgehead atoms. The number of nitrogens with two attached hydrogens (primary N) is 2. The summed E-state index contributed by atoms with van der Waals surface area (Å²) < 4.78 is 6.29. The molecule has 5 heteroatoms. The number of hydrogen-bond acceptors (Lipinski definition) is 5. The van der Waals surface area contributed by atoms with Crippen molar-refractivity contribution in [2.75, 3.05) is 11.5 Å². The molecule has 1 unspecified atom stereocenters. The zero-order valence-electron chi connectivity index (χ0n) is 24.9. The van der Waals surface area contributed by atoms with Gasteiger partial charge in [-0.3, -0.25) is 0 Å². The Bertz CT molecular complexity index is 1100. The summed E-state index contributed by atoms with van der Waals surface area (Å²) in [6, 6.07) is 4.95. The van der Waals surface area contributed by atoms with E-state index < -0.39 is 12.1 Å². The summed E-state index contributed by atoms with van der Waals surface area (Å²) in [4.78, 5) is 13.4. The van der Waals surface area contributed by atoms with Gasteiger partial charge in [-0.05, 0) is 97.6 Å². The minimum atomic E-state index is -0.487. The topological polar surface area (TPSA) is 98.6 Å². The van der Waals surface area contributed by atoms with Crippen LogP contribution in [0.2, 0.25) is 0 Å². The molecule has 4 aliphatic carbocycles. The number of ether oxygens (including phenoxy) is 1. The molecule has 0 aromatic heterocycles. The lowest BCUT2D eigenvalue weighted by Crippen LogP contribution is -2.56. The quantitative estimate of drug-likeness (QED) is 0.192. The van der Waals surface area contributed by atoms with Crippen molar-refractivity contribution in [3.63, 3.8) is 0 Å². The Labute approximate surface area is 236 Å². The van der Waals surface area contributed by atoms with Gasteiger partial charge in [0.15, 0.2) is 0 Å². The second kappa shape index (κ2) is 10.8. The lowest BCUT2D eigenvalue weighted by atomic mass is 9.46. The highest BCUT2D eigenvalue weighted by atomic mass is 16.5. The van der Waals surface area contributed by atoms with Gasteiger partial charge in [-0.25, -0.2) is 4.79 Å². The van der Waals surface area contributed by atoms with Gasteiger partial charge in [-0.2, -0.15) is 0 Å². The van der Waals surface area contributed by atoms with Crippen LogP contribution in [0.15, 0.2) is 29.8 Å². The third-order valence-corrected chi connectivity index (χ3v) is 11.9. The minimum Gasteiger partial charge on any atom is -0.458 e. The molecule has 1 aromatic rings. The molecular weight excluding hydrogens is 484 g/mol. The first-order valence-electron chi connectivity index (χ1n) is 15.7. The molecule has 1 aromatic carbocycles. The summed E-state index contributed by atoms with van der Waals surface area (Å²) in [5, 5.41) is 10.8. The van der Waals surface area contributed by atoms with Crippen molar-refractivity contribution in [3.8, 4) is 0 Å². The van der Waals surface area contributed by atoms with Gasteiger partial charge in [0.25, 0.3) is 0 Å². The van der Waals surface area contributed by atoms with Gasteiger partial charge in [0.1, 0.15) is 6.10 Å². The van der Waals surface area contributed by atoms with Crippen LogP contribution < -0.4 is 11.5 Å². The van der Waals surface area contributed by atoms with E-state index in [2.05, 4.69) is 40.7 Å². The Balaban J connectivity index is 1.37. The number of rotatable bonds is 7. The molecule has 4 aliphatic rings. The van der Waals surface area contributed by atoms with E-state index >= 15 is 0 Å². The van der Waals surface area contributed by atoms with Crippen molar-refractivity contribution < 1.29 is 14.6 Å². The maximum Gasteiger partial charge on any atom is 0.340 e. The number of fused-ring (bicyclic) bond motifs is 5. The number of esters is 1. The summed E-state index contributed by atoms with van der Waals surface area (Å²) in [7, 11) is 0. The lowest BCUT2D eigenvalue weighted by molar-refractivity contribution is -0.113. The molecule has 5 nitrogen and oxygen atoms in total. The van der Waals surface area contributed by atoms with E-state index in [1.807, 2.05) is 0 Å². The van der Waals surface area contributed by atoms with Crippen LogP contribution >= 0.6 is 0 Å². The summed E-state index contributed by atoms with van der Waals surface area (Å²) in [5.74, 6) is 3.78. The molecular formula is C34H52N2O3. The average Bonchev–Trinajstić information content (AvgIpc) is 3.22. The van der Waals surface area contributed by atoms with Crippen molar-refractivity contribution >= 4 is 17.3 Å². The molecule has 39 heavy (non-hydrogen) atoms. The summed E-state index contributed by atoms with van der Waals surface area (Å²) in [5.41, 5.74) is 14.7. The second-order valence-corrected chi connectivity index (χ2v) is 14.5.